The van der Waals surface area contributed by atoms with Crippen LogP contribution in [0, 0.1) is 5.92 Å². The summed E-state index contributed by atoms with van der Waals surface area (Å²) in [5.41, 5.74) is 5.20. The zero-order chi connectivity index (χ0) is 13.6. The maximum atomic E-state index is 11.5. The van der Waals surface area contributed by atoms with E-state index in [-0.39, 0.29) is 6.54 Å². The quantitative estimate of drug-likeness (QED) is 0.360. The van der Waals surface area contributed by atoms with E-state index in [9.17, 15) is 13.2 Å². The number of nitrogens with one attached hydrogen (secondary N) is 3. The van der Waals surface area contributed by atoms with Crippen molar-refractivity contribution < 1.29 is 18.3 Å². The molecule has 1 unspecified atom stereocenters. The van der Waals surface area contributed by atoms with Crippen molar-refractivity contribution in [3.8, 4) is 0 Å². The standard InChI is InChI=1S/C9H20N4O4S/c10-8(9(14)15)6-13-18(16,17)12-5-7-1-3-11-4-2-7/h7-8,11-13H,1-6,10H2,(H,14,15). The predicted octanol–water partition coefficient (Wildman–Crippen LogP) is -2.18. The molecule has 0 radical (unpaired) electrons. The van der Waals surface area contributed by atoms with Gasteiger partial charge in [-0.2, -0.15) is 8.42 Å². The van der Waals surface area contributed by atoms with Gasteiger partial charge in [-0.1, -0.05) is 0 Å². The van der Waals surface area contributed by atoms with Crippen LogP contribution in [0.25, 0.3) is 0 Å². The van der Waals surface area contributed by atoms with Gasteiger partial charge in [0.1, 0.15) is 6.04 Å². The first-order chi connectivity index (χ1) is 8.41. The van der Waals surface area contributed by atoms with Crippen LogP contribution in [0.1, 0.15) is 12.8 Å². The molecule has 1 rings (SSSR count). The van der Waals surface area contributed by atoms with Crippen molar-refractivity contribution >= 4 is 16.2 Å². The van der Waals surface area contributed by atoms with E-state index in [1.165, 1.54) is 0 Å². The van der Waals surface area contributed by atoms with Crippen LogP contribution < -0.4 is 20.5 Å². The van der Waals surface area contributed by atoms with Gasteiger partial charge in [-0.25, -0.2) is 9.44 Å². The SMILES string of the molecule is NC(CNS(=O)(=O)NCC1CCNCC1)C(=O)O. The van der Waals surface area contributed by atoms with Gasteiger partial charge in [0, 0.05) is 13.1 Å². The van der Waals surface area contributed by atoms with Crippen LogP contribution in [0.2, 0.25) is 0 Å². The number of rotatable bonds is 7. The van der Waals surface area contributed by atoms with Gasteiger partial charge in [0.25, 0.3) is 10.2 Å². The first kappa shape index (κ1) is 15.3. The second-order valence-electron chi connectivity index (χ2n) is 4.34. The lowest BCUT2D eigenvalue weighted by atomic mass is 9.99. The second kappa shape index (κ2) is 7.00. The Kier molecular flexibility index (Phi) is 5.96. The molecule has 1 aliphatic rings. The molecule has 6 N–H and O–H groups in total. The number of piperidine rings is 1. The van der Waals surface area contributed by atoms with Crippen LogP contribution in [0.5, 0.6) is 0 Å². The molecular weight excluding hydrogens is 260 g/mol. The molecule has 0 spiro atoms. The Morgan fingerprint density at radius 2 is 2.00 bits per heavy atom. The van der Waals surface area contributed by atoms with Crippen molar-refractivity contribution in [3.05, 3.63) is 0 Å². The molecule has 9 heteroatoms. The Labute approximate surface area is 106 Å². The van der Waals surface area contributed by atoms with E-state index in [1.807, 2.05) is 0 Å². The van der Waals surface area contributed by atoms with Gasteiger partial charge < -0.3 is 16.2 Å². The highest BCUT2D eigenvalue weighted by molar-refractivity contribution is 7.87. The summed E-state index contributed by atoms with van der Waals surface area (Å²) in [4.78, 5) is 10.4. The van der Waals surface area contributed by atoms with Crippen molar-refractivity contribution in [1.29, 1.82) is 0 Å². The number of carboxylic acids is 1. The first-order valence-corrected chi connectivity index (χ1v) is 7.32. The summed E-state index contributed by atoms with van der Waals surface area (Å²) < 4.78 is 27.6. The van der Waals surface area contributed by atoms with Crippen LogP contribution in [-0.2, 0) is 15.0 Å². The smallest absolute Gasteiger partial charge is 0.321 e. The number of nitrogens with two attached hydrogens (primary N) is 1. The minimum absolute atomic E-state index is 0.316. The average molecular weight is 280 g/mol. The highest BCUT2D eigenvalue weighted by Gasteiger charge is 2.19. The summed E-state index contributed by atoms with van der Waals surface area (Å²) in [6.45, 7) is 1.82. The van der Waals surface area contributed by atoms with Gasteiger partial charge in [-0.3, -0.25) is 4.79 Å². The monoisotopic (exact) mass is 280 g/mol. The van der Waals surface area contributed by atoms with Gasteiger partial charge in [0.15, 0.2) is 0 Å². The van der Waals surface area contributed by atoms with Crippen molar-refractivity contribution in [2.75, 3.05) is 26.2 Å². The number of hydrogen-bond donors (Lipinski definition) is 5. The van der Waals surface area contributed by atoms with Gasteiger partial charge in [-0.05, 0) is 31.8 Å². The lowest BCUT2D eigenvalue weighted by Gasteiger charge is -2.22. The van der Waals surface area contributed by atoms with Crippen molar-refractivity contribution in [3.63, 3.8) is 0 Å². The van der Waals surface area contributed by atoms with Gasteiger partial charge in [0.05, 0.1) is 0 Å². The molecule has 0 aromatic heterocycles. The zero-order valence-electron chi connectivity index (χ0n) is 10.1. The van der Waals surface area contributed by atoms with E-state index in [1.54, 1.807) is 0 Å². The van der Waals surface area contributed by atoms with Crippen LogP contribution in [0.15, 0.2) is 0 Å². The van der Waals surface area contributed by atoms with Crippen molar-refractivity contribution in [1.82, 2.24) is 14.8 Å². The molecule has 1 atom stereocenters. The fraction of sp³-hybridized carbons (Fsp3) is 0.889. The molecule has 1 fully saturated rings. The fourth-order valence-corrected chi connectivity index (χ4v) is 2.61. The third-order valence-corrected chi connectivity index (χ3v) is 3.92. The summed E-state index contributed by atoms with van der Waals surface area (Å²) in [6, 6.07) is -1.24. The number of carboxylic acid groups (broad SMARTS) is 1. The summed E-state index contributed by atoms with van der Waals surface area (Å²) in [5.74, 6) is -0.924. The molecular formula is C9H20N4O4S. The lowest BCUT2D eigenvalue weighted by Crippen LogP contribution is -2.47. The van der Waals surface area contributed by atoms with E-state index in [4.69, 9.17) is 10.8 Å². The Morgan fingerprint density at radius 3 is 2.56 bits per heavy atom. The normalized spacial score (nSPS) is 19.6. The number of hydrogen-bond acceptors (Lipinski definition) is 5. The Balaban J connectivity index is 2.28. The topological polar surface area (TPSA) is 134 Å². The van der Waals surface area contributed by atoms with Crippen LogP contribution in [0.4, 0.5) is 0 Å². The van der Waals surface area contributed by atoms with Crippen LogP contribution >= 0.6 is 0 Å². The summed E-state index contributed by atoms with van der Waals surface area (Å²) in [7, 11) is -3.67. The number of aliphatic carboxylic acids is 1. The van der Waals surface area contributed by atoms with E-state index in [2.05, 4.69) is 14.8 Å². The number of carbonyl (C=O) groups is 1. The molecule has 1 aliphatic heterocycles. The molecule has 0 bridgehead atoms. The molecule has 0 aromatic rings. The Morgan fingerprint density at radius 1 is 1.39 bits per heavy atom. The largest absolute Gasteiger partial charge is 0.480 e. The molecule has 1 saturated heterocycles. The highest BCUT2D eigenvalue weighted by Crippen LogP contribution is 2.09. The first-order valence-electron chi connectivity index (χ1n) is 5.84. The van der Waals surface area contributed by atoms with E-state index >= 15 is 0 Å². The van der Waals surface area contributed by atoms with Crippen molar-refractivity contribution in [2.45, 2.75) is 18.9 Å². The Hall–Kier alpha value is -0.740. The van der Waals surface area contributed by atoms with Gasteiger partial charge in [-0.15, -0.1) is 0 Å². The minimum atomic E-state index is -3.67. The minimum Gasteiger partial charge on any atom is -0.480 e. The van der Waals surface area contributed by atoms with Gasteiger partial charge in [0.2, 0.25) is 0 Å². The second-order valence-corrected chi connectivity index (χ2v) is 5.92. The zero-order valence-corrected chi connectivity index (χ0v) is 10.9. The Bertz CT molecular complexity index is 367. The molecule has 106 valence electrons. The third-order valence-electron chi connectivity index (χ3n) is 2.83. The van der Waals surface area contributed by atoms with E-state index < -0.39 is 22.2 Å². The lowest BCUT2D eigenvalue weighted by molar-refractivity contribution is -0.138. The highest BCUT2D eigenvalue weighted by atomic mass is 32.2. The molecule has 18 heavy (non-hydrogen) atoms. The maximum absolute atomic E-state index is 11.5. The van der Waals surface area contributed by atoms with Crippen LogP contribution in [0.3, 0.4) is 0 Å². The van der Waals surface area contributed by atoms with E-state index in [0.717, 1.165) is 25.9 Å². The predicted molar refractivity (Wildman–Crippen MR) is 66.1 cm³/mol. The summed E-state index contributed by atoms with van der Waals surface area (Å²) >= 11 is 0. The summed E-state index contributed by atoms with van der Waals surface area (Å²) in [5, 5.41) is 11.7. The molecule has 0 aromatic carbocycles. The molecule has 0 aliphatic carbocycles. The van der Waals surface area contributed by atoms with Crippen molar-refractivity contribution in [2.24, 2.45) is 11.7 Å². The van der Waals surface area contributed by atoms with Gasteiger partial charge >= 0.3 is 5.97 Å². The average Bonchev–Trinajstić information content (AvgIpc) is 2.35. The summed E-state index contributed by atoms with van der Waals surface area (Å²) in [6.07, 6.45) is 1.86. The molecule has 8 nitrogen and oxygen atoms in total. The maximum Gasteiger partial charge on any atom is 0.321 e. The molecule has 0 amide bonds. The van der Waals surface area contributed by atoms with E-state index in [0.29, 0.717) is 12.5 Å². The third kappa shape index (κ3) is 5.74. The molecule has 1 heterocycles. The molecule has 0 saturated carbocycles. The fourth-order valence-electron chi connectivity index (χ4n) is 1.65. The van der Waals surface area contributed by atoms with Crippen LogP contribution in [-0.4, -0.2) is 51.7 Å².